The molecule has 3 nitrogen and oxygen atoms in total. The molecule has 4 heteroatoms. The normalized spacial score (nSPS) is 10.0. The molecular formula is C9H10FNO2. The van der Waals surface area contributed by atoms with Gasteiger partial charge >= 0.3 is 0 Å². The lowest BCUT2D eigenvalue weighted by Crippen LogP contribution is -2.05. The highest BCUT2D eigenvalue weighted by Crippen LogP contribution is 2.14. The molecule has 1 aromatic carbocycles. The van der Waals surface area contributed by atoms with E-state index >= 15 is 0 Å². The van der Waals surface area contributed by atoms with Gasteiger partial charge in [0.1, 0.15) is 5.82 Å². The number of hydrogen-bond donors (Lipinski definition) is 2. The molecule has 0 bridgehead atoms. The first-order valence-electron chi connectivity index (χ1n) is 3.84. The minimum absolute atomic E-state index is 0.00975. The zero-order chi connectivity index (χ0) is 9.84. The summed E-state index contributed by atoms with van der Waals surface area (Å²) in [6.45, 7) is -0.227. The van der Waals surface area contributed by atoms with E-state index < -0.39 is 5.82 Å². The monoisotopic (exact) mass is 183 g/mol. The van der Waals surface area contributed by atoms with Crippen molar-refractivity contribution in [1.29, 1.82) is 0 Å². The Morgan fingerprint density at radius 3 is 2.77 bits per heavy atom. The standard InChI is InChI=1S/C9H10FNO2/c10-6-1-2-7(8(11)5-6)9(13)3-4-12/h1-2,5,12H,3-4,11H2. The molecule has 0 aliphatic heterocycles. The topological polar surface area (TPSA) is 63.3 Å². The molecule has 0 heterocycles. The van der Waals surface area contributed by atoms with Crippen molar-refractivity contribution in [3.8, 4) is 0 Å². The number of aliphatic hydroxyl groups is 1. The van der Waals surface area contributed by atoms with E-state index in [1.165, 1.54) is 12.1 Å². The number of halogens is 1. The number of benzene rings is 1. The molecule has 1 aromatic rings. The highest BCUT2D eigenvalue weighted by atomic mass is 19.1. The molecule has 0 unspecified atom stereocenters. The second kappa shape index (κ2) is 4.00. The minimum Gasteiger partial charge on any atom is -0.398 e. The number of anilines is 1. The van der Waals surface area contributed by atoms with Gasteiger partial charge < -0.3 is 10.8 Å². The Balaban J connectivity index is 2.95. The van der Waals surface area contributed by atoms with E-state index in [4.69, 9.17) is 10.8 Å². The van der Waals surface area contributed by atoms with Crippen molar-refractivity contribution in [3.63, 3.8) is 0 Å². The van der Waals surface area contributed by atoms with Crippen LogP contribution in [0.2, 0.25) is 0 Å². The molecular weight excluding hydrogens is 173 g/mol. The summed E-state index contributed by atoms with van der Waals surface area (Å²) in [7, 11) is 0. The summed E-state index contributed by atoms with van der Waals surface area (Å²) in [5, 5.41) is 8.51. The van der Waals surface area contributed by atoms with Crippen LogP contribution in [0.25, 0.3) is 0 Å². The third-order valence-electron chi connectivity index (χ3n) is 1.65. The van der Waals surface area contributed by atoms with E-state index in [1.807, 2.05) is 0 Å². The van der Waals surface area contributed by atoms with Gasteiger partial charge in [-0.1, -0.05) is 0 Å². The lowest BCUT2D eigenvalue weighted by atomic mass is 10.1. The van der Waals surface area contributed by atoms with Crippen LogP contribution in [0, 0.1) is 5.82 Å². The van der Waals surface area contributed by atoms with Crippen LogP contribution >= 0.6 is 0 Å². The zero-order valence-corrected chi connectivity index (χ0v) is 6.96. The number of hydrogen-bond acceptors (Lipinski definition) is 3. The van der Waals surface area contributed by atoms with Gasteiger partial charge in [-0.05, 0) is 18.2 Å². The van der Waals surface area contributed by atoms with Gasteiger partial charge in [0.15, 0.2) is 5.78 Å². The number of nitrogen functional groups attached to an aromatic ring is 1. The van der Waals surface area contributed by atoms with E-state index in [9.17, 15) is 9.18 Å². The smallest absolute Gasteiger partial charge is 0.167 e. The maximum Gasteiger partial charge on any atom is 0.167 e. The molecule has 0 fully saturated rings. The average Bonchev–Trinajstić information content (AvgIpc) is 2.04. The Labute approximate surface area is 75.0 Å². The molecule has 0 saturated heterocycles. The lowest BCUT2D eigenvalue weighted by molar-refractivity contribution is 0.0957. The number of aliphatic hydroxyl groups excluding tert-OH is 1. The Hall–Kier alpha value is -1.42. The molecule has 0 spiro atoms. The summed E-state index contributed by atoms with van der Waals surface area (Å²) in [5.41, 5.74) is 5.78. The van der Waals surface area contributed by atoms with E-state index in [0.29, 0.717) is 0 Å². The molecule has 3 N–H and O–H groups in total. The first kappa shape index (κ1) is 9.67. The summed E-state index contributed by atoms with van der Waals surface area (Å²) < 4.78 is 12.6. The molecule has 0 amide bonds. The van der Waals surface area contributed by atoms with Crippen LogP contribution in [0.5, 0.6) is 0 Å². The summed E-state index contributed by atoms with van der Waals surface area (Å²) in [6.07, 6.45) is 0.00975. The Kier molecular flexibility index (Phi) is 2.97. The summed E-state index contributed by atoms with van der Waals surface area (Å²) >= 11 is 0. The fourth-order valence-electron chi connectivity index (χ4n) is 1.02. The number of carbonyl (C=O) groups excluding carboxylic acids is 1. The van der Waals surface area contributed by atoms with Crippen LogP contribution in [0.1, 0.15) is 16.8 Å². The van der Waals surface area contributed by atoms with Crippen molar-refractivity contribution in [1.82, 2.24) is 0 Å². The van der Waals surface area contributed by atoms with Crippen LogP contribution in [-0.2, 0) is 0 Å². The lowest BCUT2D eigenvalue weighted by Gasteiger charge is -2.02. The van der Waals surface area contributed by atoms with Gasteiger partial charge in [0.2, 0.25) is 0 Å². The molecule has 0 radical (unpaired) electrons. The third kappa shape index (κ3) is 2.26. The zero-order valence-electron chi connectivity index (χ0n) is 6.96. The van der Waals surface area contributed by atoms with Crippen molar-refractivity contribution in [2.75, 3.05) is 12.3 Å². The van der Waals surface area contributed by atoms with Gasteiger partial charge in [-0.15, -0.1) is 0 Å². The molecule has 0 atom stereocenters. The number of rotatable bonds is 3. The number of Topliss-reactive ketones (excluding diaryl/α,β-unsaturated/α-hetero) is 1. The van der Waals surface area contributed by atoms with Crippen molar-refractivity contribution in [2.24, 2.45) is 0 Å². The predicted octanol–water partition coefficient (Wildman–Crippen LogP) is 0.973. The van der Waals surface area contributed by atoms with Crippen molar-refractivity contribution in [2.45, 2.75) is 6.42 Å². The fraction of sp³-hybridized carbons (Fsp3) is 0.222. The molecule has 0 aliphatic carbocycles. The molecule has 0 aliphatic rings. The minimum atomic E-state index is -0.474. The summed E-state index contributed by atoms with van der Waals surface area (Å²) in [5.74, 6) is -0.752. The molecule has 1 rings (SSSR count). The van der Waals surface area contributed by atoms with Crippen LogP contribution in [-0.4, -0.2) is 17.5 Å². The Bertz CT molecular complexity index is 325. The van der Waals surface area contributed by atoms with Gasteiger partial charge in [0.05, 0.1) is 6.61 Å². The average molecular weight is 183 g/mol. The van der Waals surface area contributed by atoms with Crippen molar-refractivity contribution in [3.05, 3.63) is 29.6 Å². The van der Waals surface area contributed by atoms with Crippen LogP contribution in [0.15, 0.2) is 18.2 Å². The number of ketones is 1. The second-order valence-electron chi connectivity index (χ2n) is 2.63. The molecule has 0 aromatic heterocycles. The first-order valence-corrected chi connectivity index (χ1v) is 3.84. The third-order valence-corrected chi connectivity index (χ3v) is 1.65. The van der Waals surface area contributed by atoms with E-state index in [1.54, 1.807) is 0 Å². The predicted molar refractivity (Wildman–Crippen MR) is 46.8 cm³/mol. The molecule has 70 valence electrons. The van der Waals surface area contributed by atoms with E-state index in [2.05, 4.69) is 0 Å². The van der Waals surface area contributed by atoms with Crippen molar-refractivity contribution < 1.29 is 14.3 Å². The van der Waals surface area contributed by atoms with Gasteiger partial charge in [0.25, 0.3) is 0 Å². The SMILES string of the molecule is Nc1cc(F)ccc1C(=O)CCO. The Morgan fingerprint density at radius 1 is 1.54 bits per heavy atom. The second-order valence-corrected chi connectivity index (χ2v) is 2.63. The number of nitrogens with two attached hydrogens (primary N) is 1. The highest BCUT2D eigenvalue weighted by molar-refractivity contribution is 6.00. The maximum atomic E-state index is 12.6. The van der Waals surface area contributed by atoms with Gasteiger partial charge in [-0.3, -0.25) is 4.79 Å². The van der Waals surface area contributed by atoms with Gasteiger partial charge in [-0.2, -0.15) is 0 Å². The summed E-state index contributed by atoms with van der Waals surface area (Å²) in [6, 6.07) is 3.58. The molecule has 13 heavy (non-hydrogen) atoms. The molecule has 0 saturated carbocycles. The first-order chi connectivity index (χ1) is 6.15. The van der Waals surface area contributed by atoms with E-state index in [-0.39, 0.29) is 30.1 Å². The maximum absolute atomic E-state index is 12.6. The van der Waals surface area contributed by atoms with E-state index in [0.717, 1.165) is 6.07 Å². The van der Waals surface area contributed by atoms with Crippen molar-refractivity contribution >= 4 is 11.5 Å². The largest absolute Gasteiger partial charge is 0.398 e. The van der Waals surface area contributed by atoms with Crippen LogP contribution < -0.4 is 5.73 Å². The van der Waals surface area contributed by atoms with Crippen LogP contribution in [0.3, 0.4) is 0 Å². The Morgan fingerprint density at radius 2 is 2.23 bits per heavy atom. The van der Waals surface area contributed by atoms with Gasteiger partial charge in [0, 0.05) is 17.7 Å². The summed E-state index contributed by atoms with van der Waals surface area (Å²) in [4.78, 5) is 11.2. The highest BCUT2D eigenvalue weighted by Gasteiger charge is 2.08. The quantitative estimate of drug-likeness (QED) is 0.542. The number of carbonyl (C=O) groups is 1. The van der Waals surface area contributed by atoms with Gasteiger partial charge in [-0.25, -0.2) is 4.39 Å². The fourth-order valence-corrected chi connectivity index (χ4v) is 1.02. The van der Waals surface area contributed by atoms with Crippen LogP contribution in [0.4, 0.5) is 10.1 Å².